The molecular weight excluding hydrogens is 212 g/mol. The van der Waals surface area contributed by atoms with Crippen LogP contribution in [0.25, 0.3) is 0 Å². The molecular formula is C11H22O5. The minimum Gasteiger partial charge on any atom is -0.396 e. The molecule has 5 heteroatoms. The standard InChI is InChI=1S/C6H10O.C5H12O4/c1-2-3-4-5-6-7;6-1-5(2-7,3-8)4-9/h2-5,7H,6H2,1H3;6-9H,1-4H2/b3-2+,5-4+;. The maximum absolute atomic E-state index is 8.50. The van der Waals surface area contributed by atoms with E-state index < -0.39 is 31.8 Å². The lowest BCUT2D eigenvalue weighted by atomic mass is 9.93. The first-order chi connectivity index (χ1) is 7.66. The molecule has 0 aromatic heterocycles. The molecule has 0 saturated heterocycles. The van der Waals surface area contributed by atoms with Crippen molar-refractivity contribution < 1.29 is 25.5 Å². The Hall–Kier alpha value is -0.720. The van der Waals surface area contributed by atoms with E-state index in [1.165, 1.54) is 0 Å². The molecule has 0 aliphatic heterocycles. The van der Waals surface area contributed by atoms with Crippen molar-refractivity contribution in [1.82, 2.24) is 0 Å². The van der Waals surface area contributed by atoms with Crippen LogP contribution in [0.2, 0.25) is 0 Å². The van der Waals surface area contributed by atoms with Crippen molar-refractivity contribution in [1.29, 1.82) is 0 Å². The second kappa shape index (κ2) is 12.4. The van der Waals surface area contributed by atoms with E-state index in [1.54, 1.807) is 12.2 Å². The third-order valence-electron chi connectivity index (χ3n) is 1.89. The summed E-state index contributed by atoms with van der Waals surface area (Å²) in [6.45, 7) is 0.437. The van der Waals surface area contributed by atoms with E-state index in [9.17, 15) is 0 Å². The number of hydrogen-bond acceptors (Lipinski definition) is 5. The molecule has 0 aliphatic carbocycles. The highest BCUT2D eigenvalue weighted by molar-refractivity contribution is 5.00. The molecule has 0 aromatic carbocycles. The molecule has 0 spiro atoms. The van der Waals surface area contributed by atoms with Gasteiger partial charge in [0.25, 0.3) is 0 Å². The van der Waals surface area contributed by atoms with Gasteiger partial charge < -0.3 is 25.5 Å². The van der Waals surface area contributed by atoms with Gasteiger partial charge in [-0.15, -0.1) is 0 Å². The van der Waals surface area contributed by atoms with E-state index in [4.69, 9.17) is 25.5 Å². The van der Waals surface area contributed by atoms with Crippen LogP contribution >= 0.6 is 0 Å². The maximum Gasteiger partial charge on any atom is 0.0627 e. The quantitative estimate of drug-likeness (QED) is 0.382. The minimum absolute atomic E-state index is 0.129. The third kappa shape index (κ3) is 8.58. The molecule has 5 N–H and O–H groups in total. The van der Waals surface area contributed by atoms with Gasteiger partial charge in [0, 0.05) is 0 Å². The van der Waals surface area contributed by atoms with Gasteiger partial charge >= 0.3 is 0 Å². The molecule has 0 rings (SSSR count). The predicted octanol–water partition coefficient (Wildman–Crippen LogP) is -0.947. The van der Waals surface area contributed by atoms with Gasteiger partial charge in [-0.05, 0) is 6.92 Å². The Morgan fingerprint density at radius 2 is 1.25 bits per heavy atom. The van der Waals surface area contributed by atoms with Gasteiger partial charge in [0.2, 0.25) is 0 Å². The highest BCUT2D eigenvalue weighted by atomic mass is 16.3. The summed E-state index contributed by atoms with van der Waals surface area (Å²) in [6, 6.07) is 0. The van der Waals surface area contributed by atoms with Crippen LogP contribution in [-0.2, 0) is 0 Å². The van der Waals surface area contributed by atoms with Crippen LogP contribution in [0.15, 0.2) is 24.3 Å². The van der Waals surface area contributed by atoms with Gasteiger partial charge in [0.1, 0.15) is 0 Å². The van der Waals surface area contributed by atoms with Crippen LogP contribution in [0.3, 0.4) is 0 Å². The van der Waals surface area contributed by atoms with Crippen molar-refractivity contribution in [3.05, 3.63) is 24.3 Å². The summed E-state index contributed by atoms with van der Waals surface area (Å²) in [5.74, 6) is 0. The fourth-order valence-corrected chi connectivity index (χ4v) is 0.551. The van der Waals surface area contributed by atoms with E-state index in [2.05, 4.69) is 0 Å². The van der Waals surface area contributed by atoms with Crippen LogP contribution in [0.4, 0.5) is 0 Å². The predicted molar refractivity (Wildman–Crippen MR) is 61.8 cm³/mol. The molecule has 0 fully saturated rings. The number of hydrogen-bond donors (Lipinski definition) is 5. The summed E-state index contributed by atoms with van der Waals surface area (Å²) in [6.07, 6.45) is 7.27. The van der Waals surface area contributed by atoms with Crippen molar-refractivity contribution in [3.63, 3.8) is 0 Å². The smallest absolute Gasteiger partial charge is 0.0627 e. The fourth-order valence-electron chi connectivity index (χ4n) is 0.551. The lowest BCUT2D eigenvalue weighted by Crippen LogP contribution is -2.37. The van der Waals surface area contributed by atoms with E-state index in [1.807, 2.05) is 19.1 Å². The molecule has 0 amide bonds. The van der Waals surface area contributed by atoms with E-state index >= 15 is 0 Å². The summed E-state index contributed by atoms with van der Waals surface area (Å²) in [5, 5.41) is 42.2. The number of rotatable bonds is 6. The molecule has 96 valence electrons. The second-order valence-electron chi connectivity index (χ2n) is 3.27. The first-order valence-electron chi connectivity index (χ1n) is 4.98. The zero-order valence-corrected chi connectivity index (χ0v) is 9.58. The first kappa shape index (κ1) is 17.7. The van der Waals surface area contributed by atoms with Gasteiger partial charge in [-0.1, -0.05) is 24.3 Å². The molecule has 0 atom stereocenters. The van der Waals surface area contributed by atoms with Crippen LogP contribution in [0, 0.1) is 5.41 Å². The molecule has 0 radical (unpaired) electrons. The molecule has 5 nitrogen and oxygen atoms in total. The topological polar surface area (TPSA) is 101 Å². The Morgan fingerprint density at radius 3 is 1.44 bits per heavy atom. The van der Waals surface area contributed by atoms with Gasteiger partial charge in [-0.2, -0.15) is 0 Å². The molecule has 0 aliphatic rings. The second-order valence-corrected chi connectivity index (χ2v) is 3.27. The highest BCUT2D eigenvalue weighted by Crippen LogP contribution is 2.11. The Kier molecular flexibility index (Phi) is 13.6. The average molecular weight is 234 g/mol. The molecule has 0 saturated carbocycles. The Balaban J connectivity index is 0. The van der Waals surface area contributed by atoms with Crippen molar-refractivity contribution in [2.45, 2.75) is 6.92 Å². The van der Waals surface area contributed by atoms with E-state index in [-0.39, 0.29) is 6.61 Å². The molecule has 16 heavy (non-hydrogen) atoms. The normalized spacial score (nSPS) is 11.9. The van der Waals surface area contributed by atoms with Gasteiger partial charge in [-0.25, -0.2) is 0 Å². The zero-order chi connectivity index (χ0) is 12.9. The Labute approximate surface area is 96.0 Å². The monoisotopic (exact) mass is 234 g/mol. The van der Waals surface area contributed by atoms with Crippen molar-refractivity contribution in [2.75, 3.05) is 33.0 Å². The van der Waals surface area contributed by atoms with Crippen LogP contribution < -0.4 is 0 Å². The van der Waals surface area contributed by atoms with Crippen LogP contribution in [0.1, 0.15) is 6.92 Å². The maximum atomic E-state index is 8.50. The lowest BCUT2D eigenvalue weighted by molar-refractivity contribution is -0.0328. The van der Waals surface area contributed by atoms with Gasteiger partial charge in [0.05, 0.1) is 38.4 Å². The average Bonchev–Trinajstić information content (AvgIpc) is 2.34. The van der Waals surface area contributed by atoms with Gasteiger partial charge in [0.15, 0.2) is 0 Å². The number of aliphatic hydroxyl groups excluding tert-OH is 5. The van der Waals surface area contributed by atoms with E-state index in [0.29, 0.717) is 0 Å². The van der Waals surface area contributed by atoms with Crippen molar-refractivity contribution >= 4 is 0 Å². The summed E-state index contributed by atoms with van der Waals surface area (Å²) in [4.78, 5) is 0. The summed E-state index contributed by atoms with van der Waals surface area (Å²) >= 11 is 0. The van der Waals surface area contributed by atoms with Crippen molar-refractivity contribution in [2.24, 2.45) is 5.41 Å². The molecule has 0 heterocycles. The fraction of sp³-hybridized carbons (Fsp3) is 0.636. The van der Waals surface area contributed by atoms with Gasteiger partial charge in [-0.3, -0.25) is 0 Å². The third-order valence-corrected chi connectivity index (χ3v) is 1.89. The SMILES string of the molecule is C/C=C/C=C/CO.OCC(CO)(CO)CO. The molecule has 0 unspecified atom stereocenters. The van der Waals surface area contributed by atoms with Crippen LogP contribution in [0.5, 0.6) is 0 Å². The van der Waals surface area contributed by atoms with Crippen molar-refractivity contribution in [3.8, 4) is 0 Å². The lowest BCUT2D eigenvalue weighted by Gasteiger charge is -2.23. The highest BCUT2D eigenvalue weighted by Gasteiger charge is 2.26. The number of allylic oxidation sites excluding steroid dienone is 3. The summed E-state index contributed by atoms with van der Waals surface area (Å²) < 4.78 is 0. The zero-order valence-electron chi connectivity index (χ0n) is 9.58. The molecule has 0 bridgehead atoms. The van der Waals surface area contributed by atoms with Crippen LogP contribution in [-0.4, -0.2) is 58.6 Å². The summed E-state index contributed by atoms with van der Waals surface area (Å²) in [7, 11) is 0. The first-order valence-corrected chi connectivity index (χ1v) is 4.98. The molecule has 0 aromatic rings. The Morgan fingerprint density at radius 1 is 0.812 bits per heavy atom. The van der Waals surface area contributed by atoms with E-state index in [0.717, 1.165) is 0 Å². The largest absolute Gasteiger partial charge is 0.396 e. The number of aliphatic hydroxyl groups is 5. The minimum atomic E-state index is -1.11. The Bertz CT molecular complexity index is 167. The summed E-state index contributed by atoms with van der Waals surface area (Å²) in [5.41, 5.74) is -1.11.